The van der Waals surface area contributed by atoms with Gasteiger partial charge >= 0.3 is 0 Å². The Kier molecular flexibility index (Phi) is 5.55. The number of aliphatic hydroxyl groups is 1. The Morgan fingerprint density at radius 3 is 2.89 bits per heavy atom. The lowest BCUT2D eigenvalue weighted by Gasteiger charge is -2.33. The van der Waals surface area contributed by atoms with Gasteiger partial charge in [-0.15, -0.1) is 0 Å². The first kappa shape index (κ1) is 15.1. The lowest BCUT2D eigenvalue weighted by atomic mass is 9.78. The van der Waals surface area contributed by atoms with Gasteiger partial charge in [-0.1, -0.05) is 31.4 Å². The van der Waals surface area contributed by atoms with Crippen molar-refractivity contribution in [1.82, 2.24) is 0 Å². The lowest BCUT2D eigenvalue weighted by Crippen LogP contribution is -2.35. The van der Waals surface area contributed by atoms with Gasteiger partial charge in [-0.3, -0.25) is 0 Å². The van der Waals surface area contributed by atoms with Crippen LogP contribution in [0.25, 0.3) is 0 Å². The van der Waals surface area contributed by atoms with E-state index in [2.05, 4.69) is 28.2 Å². The second kappa shape index (κ2) is 6.96. The molecular formula is C15H21BrClNO. The van der Waals surface area contributed by atoms with Crippen molar-refractivity contribution < 1.29 is 5.11 Å². The zero-order chi connectivity index (χ0) is 13.8. The molecule has 106 valence electrons. The topological polar surface area (TPSA) is 32.3 Å². The minimum Gasteiger partial charge on any atom is -0.394 e. The van der Waals surface area contributed by atoms with Crippen LogP contribution in [0, 0.1) is 11.8 Å². The Balaban J connectivity index is 2.03. The van der Waals surface area contributed by atoms with Gasteiger partial charge in [0.2, 0.25) is 0 Å². The van der Waals surface area contributed by atoms with Crippen molar-refractivity contribution in [1.29, 1.82) is 0 Å². The first-order valence-electron chi connectivity index (χ1n) is 6.92. The Bertz CT molecular complexity index is 427. The molecule has 0 amide bonds. The highest BCUT2D eigenvalue weighted by atomic mass is 79.9. The molecule has 1 aliphatic rings. The lowest BCUT2D eigenvalue weighted by molar-refractivity contribution is 0.188. The average molecular weight is 347 g/mol. The SMILES string of the molecule is CC1CCCC(C(CO)Nc2ccc(Cl)c(Br)c2)C1. The number of benzene rings is 1. The molecule has 0 spiro atoms. The summed E-state index contributed by atoms with van der Waals surface area (Å²) in [5.41, 5.74) is 1.01. The number of anilines is 1. The van der Waals surface area contributed by atoms with Crippen molar-refractivity contribution in [3.05, 3.63) is 27.7 Å². The fourth-order valence-corrected chi connectivity index (χ4v) is 3.46. The average Bonchev–Trinajstić information content (AvgIpc) is 2.40. The molecule has 3 unspecified atom stereocenters. The van der Waals surface area contributed by atoms with Gasteiger partial charge in [-0.2, -0.15) is 0 Å². The highest BCUT2D eigenvalue weighted by Gasteiger charge is 2.26. The third-order valence-electron chi connectivity index (χ3n) is 4.01. The maximum atomic E-state index is 9.65. The van der Waals surface area contributed by atoms with Crippen molar-refractivity contribution in [3.8, 4) is 0 Å². The summed E-state index contributed by atoms with van der Waals surface area (Å²) < 4.78 is 0.882. The Morgan fingerprint density at radius 2 is 2.26 bits per heavy atom. The van der Waals surface area contributed by atoms with E-state index in [9.17, 15) is 5.11 Å². The van der Waals surface area contributed by atoms with Gasteiger partial charge in [0.25, 0.3) is 0 Å². The molecule has 0 saturated heterocycles. The van der Waals surface area contributed by atoms with E-state index in [1.807, 2.05) is 18.2 Å². The van der Waals surface area contributed by atoms with E-state index in [0.29, 0.717) is 10.9 Å². The summed E-state index contributed by atoms with van der Waals surface area (Å²) in [5.74, 6) is 1.33. The number of hydrogen-bond donors (Lipinski definition) is 2. The molecule has 1 aromatic carbocycles. The number of aliphatic hydroxyl groups excluding tert-OH is 1. The van der Waals surface area contributed by atoms with Gasteiger partial charge in [-0.05, 0) is 58.8 Å². The molecule has 0 bridgehead atoms. The van der Waals surface area contributed by atoms with Crippen molar-refractivity contribution in [2.75, 3.05) is 11.9 Å². The smallest absolute Gasteiger partial charge is 0.0635 e. The minimum atomic E-state index is 0.135. The van der Waals surface area contributed by atoms with Gasteiger partial charge in [0, 0.05) is 10.2 Å². The molecule has 1 fully saturated rings. The normalized spacial score (nSPS) is 25.1. The quantitative estimate of drug-likeness (QED) is 0.828. The third kappa shape index (κ3) is 4.11. The van der Waals surface area contributed by atoms with Crippen molar-refractivity contribution >= 4 is 33.2 Å². The number of rotatable bonds is 4. The van der Waals surface area contributed by atoms with E-state index < -0.39 is 0 Å². The molecule has 0 heterocycles. The first-order chi connectivity index (χ1) is 9.10. The van der Waals surface area contributed by atoms with E-state index in [1.165, 1.54) is 25.7 Å². The summed E-state index contributed by atoms with van der Waals surface area (Å²) in [6.45, 7) is 2.48. The molecule has 2 nitrogen and oxygen atoms in total. The maximum absolute atomic E-state index is 9.65. The molecule has 0 aromatic heterocycles. The predicted molar refractivity (Wildman–Crippen MR) is 84.8 cm³/mol. The molecular weight excluding hydrogens is 326 g/mol. The van der Waals surface area contributed by atoms with Crippen LogP contribution in [0.2, 0.25) is 5.02 Å². The number of nitrogens with one attached hydrogen (secondary N) is 1. The first-order valence-corrected chi connectivity index (χ1v) is 8.09. The molecule has 0 radical (unpaired) electrons. The Labute approximate surface area is 128 Å². The molecule has 0 aliphatic heterocycles. The van der Waals surface area contributed by atoms with Crippen molar-refractivity contribution in [2.45, 2.75) is 38.6 Å². The van der Waals surface area contributed by atoms with Gasteiger partial charge < -0.3 is 10.4 Å². The maximum Gasteiger partial charge on any atom is 0.0635 e. The van der Waals surface area contributed by atoms with Crippen LogP contribution in [-0.2, 0) is 0 Å². The highest BCUT2D eigenvalue weighted by Crippen LogP contribution is 2.33. The monoisotopic (exact) mass is 345 g/mol. The second-order valence-electron chi connectivity index (χ2n) is 5.59. The summed E-state index contributed by atoms with van der Waals surface area (Å²) in [6, 6.07) is 5.93. The Morgan fingerprint density at radius 1 is 1.47 bits per heavy atom. The van der Waals surface area contributed by atoms with Crippen LogP contribution < -0.4 is 5.32 Å². The van der Waals surface area contributed by atoms with Crippen LogP contribution in [0.4, 0.5) is 5.69 Å². The second-order valence-corrected chi connectivity index (χ2v) is 6.86. The largest absolute Gasteiger partial charge is 0.394 e. The number of hydrogen-bond acceptors (Lipinski definition) is 2. The van der Waals surface area contributed by atoms with E-state index in [1.54, 1.807) is 0 Å². The van der Waals surface area contributed by atoms with E-state index >= 15 is 0 Å². The van der Waals surface area contributed by atoms with Crippen LogP contribution in [0.1, 0.15) is 32.6 Å². The van der Waals surface area contributed by atoms with Crippen LogP contribution in [0.5, 0.6) is 0 Å². The molecule has 19 heavy (non-hydrogen) atoms. The van der Waals surface area contributed by atoms with Crippen LogP contribution in [-0.4, -0.2) is 17.8 Å². The van der Waals surface area contributed by atoms with Gasteiger partial charge in [0.1, 0.15) is 0 Å². The fraction of sp³-hybridized carbons (Fsp3) is 0.600. The summed E-state index contributed by atoms with van der Waals surface area (Å²) in [6.07, 6.45) is 5.00. The van der Waals surface area contributed by atoms with Crippen molar-refractivity contribution in [3.63, 3.8) is 0 Å². The number of halogens is 2. The predicted octanol–water partition coefficient (Wildman–Crippen LogP) is 4.70. The Hall–Kier alpha value is -0.250. The van der Waals surface area contributed by atoms with E-state index in [-0.39, 0.29) is 12.6 Å². The van der Waals surface area contributed by atoms with Gasteiger partial charge in [0.05, 0.1) is 17.7 Å². The molecule has 2 rings (SSSR count). The summed E-state index contributed by atoms with van der Waals surface area (Å²) >= 11 is 9.42. The summed E-state index contributed by atoms with van der Waals surface area (Å²) in [7, 11) is 0. The van der Waals surface area contributed by atoms with Gasteiger partial charge in [-0.25, -0.2) is 0 Å². The summed E-state index contributed by atoms with van der Waals surface area (Å²) in [5, 5.41) is 13.8. The van der Waals surface area contributed by atoms with Crippen LogP contribution >= 0.6 is 27.5 Å². The standard InChI is InChI=1S/C15H21BrClNO/c1-10-3-2-4-11(7-10)15(9-19)18-12-5-6-14(17)13(16)8-12/h5-6,8,10-11,15,18-19H,2-4,7,9H2,1H3. The zero-order valence-electron chi connectivity index (χ0n) is 11.2. The fourth-order valence-electron chi connectivity index (χ4n) is 2.96. The van der Waals surface area contributed by atoms with Crippen LogP contribution in [0.3, 0.4) is 0 Å². The molecule has 1 saturated carbocycles. The molecule has 1 aromatic rings. The molecule has 1 aliphatic carbocycles. The minimum absolute atomic E-state index is 0.135. The van der Waals surface area contributed by atoms with E-state index in [4.69, 9.17) is 11.6 Å². The molecule has 3 atom stereocenters. The highest BCUT2D eigenvalue weighted by molar-refractivity contribution is 9.10. The van der Waals surface area contributed by atoms with E-state index in [0.717, 1.165) is 16.1 Å². The zero-order valence-corrected chi connectivity index (χ0v) is 13.5. The third-order valence-corrected chi connectivity index (χ3v) is 5.23. The van der Waals surface area contributed by atoms with Gasteiger partial charge in [0.15, 0.2) is 0 Å². The molecule has 2 N–H and O–H groups in total. The molecule has 4 heteroatoms. The van der Waals surface area contributed by atoms with Crippen molar-refractivity contribution in [2.24, 2.45) is 11.8 Å². The summed E-state index contributed by atoms with van der Waals surface area (Å²) in [4.78, 5) is 0. The van der Waals surface area contributed by atoms with Crippen LogP contribution in [0.15, 0.2) is 22.7 Å².